The van der Waals surface area contributed by atoms with Gasteiger partial charge in [0.15, 0.2) is 0 Å². The lowest BCUT2D eigenvalue weighted by Crippen LogP contribution is -2.18. The smallest absolute Gasteiger partial charge is 0.102 e. The summed E-state index contributed by atoms with van der Waals surface area (Å²) in [5.41, 5.74) is 2.12. The van der Waals surface area contributed by atoms with Crippen molar-refractivity contribution in [3.8, 4) is 5.69 Å². The fourth-order valence-electron chi connectivity index (χ4n) is 1.59. The summed E-state index contributed by atoms with van der Waals surface area (Å²) in [4.78, 5) is 2.14. The van der Waals surface area contributed by atoms with E-state index in [1.807, 2.05) is 34.0 Å². The molecule has 0 saturated heterocycles. The van der Waals surface area contributed by atoms with Crippen LogP contribution in [-0.4, -0.2) is 45.1 Å². The molecule has 2 heterocycles. The van der Waals surface area contributed by atoms with Gasteiger partial charge in [-0.15, -0.1) is 0 Å². The average molecular weight is 233 g/mol. The van der Waals surface area contributed by atoms with Crippen LogP contribution in [0, 0.1) is 0 Å². The first-order valence-corrected chi connectivity index (χ1v) is 5.91. The Morgan fingerprint density at radius 2 is 2.18 bits per heavy atom. The third-order valence-corrected chi connectivity index (χ3v) is 2.67. The second-order valence-corrected chi connectivity index (χ2v) is 4.37. The van der Waals surface area contributed by atoms with Crippen LogP contribution in [0.5, 0.6) is 0 Å². The summed E-state index contributed by atoms with van der Waals surface area (Å²) < 4.78 is 3.82. The Balaban J connectivity index is 2.07. The molecule has 2 aromatic rings. The summed E-state index contributed by atoms with van der Waals surface area (Å²) in [5, 5.41) is 8.79. The summed E-state index contributed by atoms with van der Waals surface area (Å²) in [7, 11) is 4.12. The Morgan fingerprint density at radius 1 is 1.35 bits per heavy atom. The van der Waals surface area contributed by atoms with E-state index in [1.165, 1.54) is 0 Å². The number of likely N-dealkylation sites (N-methyl/N-ethyl adjacent to an activating group) is 1. The normalized spacial score (nSPS) is 11.3. The van der Waals surface area contributed by atoms with Gasteiger partial charge in [0.25, 0.3) is 0 Å². The predicted molar refractivity (Wildman–Crippen MR) is 67.3 cm³/mol. The van der Waals surface area contributed by atoms with Crippen molar-refractivity contribution in [2.24, 2.45) is 0 Å². The maximum Gasteiger partial charge on any atom is 0.102 e. The first-order valence-electron chi connectivity index (χ1n) is 5.91. The van der Waals surface area contributed by atoms with E-state index in [2.05, 4.69) is 36.1 Å². The first kappa shape index (κ1) is 11.9. The molecule has 0 aliphatic carbocycles. The Kier molecular flexibility index (Phi) is 3.58. The van der Waals surface area contributed by atoms with E-state index in [1.54, 1.807) is 0 Å². The summed E-state index contributed by atoms with van der Waals surface area (Å²) in [6.07, 6.45) is 6.81. The van der Waals surface area contributed by atoms with Crippen molar-refractivity contribution in [2.45, 2.75) is 19.9 Å². The van der Waals surface area contributed by atoms with Gasteiger partial charge in [-0.2, -0.15) is 10.2 Å². The van der Waals surface area contributed by atoms with Gasteiger partial charge in [0.1, 0.15) is 5.69 Å². The molecular weight excluding hydrogens is 214 g/mol. The maximum absolute atomic E-state index is 4.46. The van der Waals surface area contributed by atoms with E-state index in [0.717, 1.165) is 30.9 Å². The van der Waals surface area contributed by atoms with E-state index in [9.17, 15) is 0 Å². The number of nitrogens with zero attached hydrogens (tertiary/aromatic N) is 5. The molecular formula is C12H19N5. The third-order valence-electron chi connectivity index (χ3n) is 2.67. The van der Waals surface area contributed by atoms with E-state index < -0.39 is 0 Å². The lowest BCUT2D eigenvalue weighted by atomic mass is 10.4. The molecule has 0 atom stereocenters. The minimum absolute atomic E-state index is 0.898. The molecule has 5 heteroatoms. The first-order chi connectivity index (χ1) is 8.19. The summed E-state index contributed by atoms with van der Waals surface area (Å²) >= 11 is 0. The zero-order valence-corrected chi connectivity index (χ0v) is 10.7. The molecule has 2 aromatic heterocycles. The van der Waals surface area contributed by atoms with Crippen molar-refractivity contribution in [3.05, 3.63) is 30.4 Å². The molecule has 0 radical (unpaired) electrons. The second-order valence-electron chi connectivity index (χ2n) is 4.37. The minimum Gasteiger partial charge on any atom is -0.308 e. The molecule has 0 amide bonds. The molecule has 92 valence electrons. The monoisotopic (exact) mass is 233 g/mol. The summed E-state index contributed by atoms with van der Waals surface area (Å²) in [6.45, 7) is 3.99. The van der Waals surface area contributed by atoms with Gasteiger partial charge in [0, 0.05) is 12.7 Å². The van der Waals surface area contributed by atoms with Crippen molar-refractivity contribution in [3.63, 3.8) is 0 Å². The third kappa shape index (κ3) is 2.94. The molecule has 0 aliphatic heterocycles. The highest BCUT2D eigenvalue weighted by Gasteiger charge is 2.03. The molecule has 0 N–H and O–H groups in total. The molecule has 0 aliphatic rings. The van der Waals surface area contributed by atoms with Crippen molar-refractivity contribution < 1.29 is 0 Å². The van der Waals surface area contributed by atoms with Crippen LogP contribution in [-0.2, 0) is 13.0 Å². The van der Waals surface area contributed by atoms with Crippen molar-refractivity contribution in [1.29, 1.82) is 0 Å². The molecule has 0 fully saturated rings. The fraction of sp³-hybridized carbons (Fsp3) is 0.500. The van der Waals surface area contributed by atoms with E-state index in [-0.39, 0.29) is 0 Å². The number of rotatable bonds is 5. The quantitative estimate of drug-likeness (QED) is 0.778. The van der Waals surface area contributed by atoms with Gasteiger partial charge in [0.05, 0.1) is 24.6 Å². The van der Waals surface area contributed by atoms with Gasteiger partial charge in [0.2, 0.25) is 0 Å². The molecule has 0 bridgehead atoms. The molecule has 0 aromatic carbocycles. The lowest BCUT2D eigenvalue weighted by molar-refractivity contribution is 0.373. The minimum atomic E-state index is 0.898. The molecule has 0 unspecified atom stereocenters. The van der Waals surface area contributed by atoms with Crippen LogP contribution in [0.1, 0.15) is 12.6 Å². The van der Waals surface area contributed by atoms with Gasteiger partial charge in [-0.05, 0) is 26.6 Å². The van der Waals surface area contributed by atoms with Gasteiger partial charge in [-0.25, -0.2) is 4.68 Å². The standard InChI is InChI=1S/C12H19N5/c1-4-11-5-6-17(14-11)12-9-13-16(10-12)8-7-15(2)3/h5-6,9-10H,4,7-8H2,1-3H3. The van der Waals surface area contributed by atoms with Crippen molar-refractivity contribution >= 4 is 0 Å². The highest BCUT2D eigenvalue weighted by molar-refractivity contribution is 5.24. The maximum atomic E-state index is 4.46. The van der Waals surface area contributed by atoms with Crippen LogP contribution in [0.15, 0.2) is 24.7 Å². The molecule has 0 saturated carbocycles. The molecule has 5 nitrogen and oxygen atoms in total. The van der Waals surface area contributed by atoms with Crippen molar-refractivity contribution in [2.75, 3.05) is 20.6 Å². The predicted octanol–water partition coefficient (Wildman–Crippen LogP) is 1.19. The van der Waals surface area contributed by atoms with Crippen LogP contribution in [0.2, 0.25) is 0 Å². The zero-order valence-electron chi connectivity index (χ0n) is 10.7. The van der Waals surface area contributed by atoms with Gasteiger partial charge in [-0.3, -0.25) is 4.68 Å². The number of aryl methyl sites for hydroxylation is 1. The van der Waals surface area contributed by atoms with Gasteiger partial charge >= 0.3 is 0 Å². The number of hydrogen-bond acceptors (Lipinski definition) is 3. The van der Waals surface area contributed by atoms with Gasteiger partial charge < -0.3 is 4.90 Å². The summed E-state index contributed by atoms with van der Waals surface area (Å²) in [5.74, 6) is 0. The highest BCUT2D eigenvalue weighted by atomic mass is 15.3. The van der Waals surface area contributed by atoms with Crippen LogP contribution in [0.4, 0.5) is 0 Å². The Hall–Kier alpha value is -1.62. The SMILES string of the molecule is CCc1ccn(-c2cnn(CCN(C)C)c2)n1. The largest absolute Gasteiger partial charge is 0.308 e. The second kappa shape index (κ2) is 5.14. The van der Waals surface area contributed by atoms with Crippen LogP contribution >= 0.6 is 0 Å². The Morgan fingerprint density at radius 3 is 2.82 bits per heavy atom. The summed E-state index contributed by atoms with van der Waals surface area (Å²) in [6, 6.07) is 2.04. The van der Waals surface area contributed by atoms with Crippen LogP contribution in [0.25, 0.3) is 5.69 Å². The Labute approximate surface area is 102 Å². The van der Waals surface area contributed by atoms with Gasteiger partial charge in [-0.1, -0.05) is 6.92 Å². The van der Waals surface area contributed by atoms with E-state index >= 15 is 0 Å². The van der Waals surface area contributed by atoms with Crippen molar-refractivity contribution in [1.82, 2.24) is 24.5 Å². The zero-order chi connectivity index (χ0) is 12.3. The topological polar surface area (TPSA) is 38.9 Å². The molecule has 0 spiro atoms. The Bertz CT molecular complexity index is 469. The highest BCUT2D eigenvalue weighted by Crippen LogP contribution is 2.06. The number of aromatic nitrogens is 4. The average Bonchev–Trinajstić information content (AvgIpc) is 2.94. The molecule has 2 rings (SSSR count). The number of hydrogen-bond donors (Lipinski definition) is 0. The fourth-order valence-corrected chi connectivity index (χ4v) is 1.59. The van der Waals surface area contributed by atoms with E-state index in [4.69, 9.17) is 0 Å². The lowest BCUT2D eigenvalue weighted by Gasteiger charge is -2.08. The van der Waals surface area contributed by atoms with E-state index in [0.29, 0.717) is 0 Å². The van der Waals surface area contributed by atoms with Crippen LogP contribution < -0.4 is 0 Å². The molecule has 17 heavy (non-hydrogen) atoms. The van der Waals surface area contributed by atoms with Crippen LogP contribution in [0.3, 0.4) is 0 Å².